The van der Waals surface area contributed by atoms with Gasteiger partial charge in [0.1, 0.15) is 6.54 Å². The molecule has 8 nitrogen and oxygen atoms in total. The fourth-order valence-electron chi connectivity index (χ4n) is 2.45. The minimum Gasteiger partial charge on any atom is -0.480 e. The van der Waals surface area contributed by atoms with Crippen molar-refractivity contribution in [3.05, 3.63) is 64.0 Å². The van der Waals surface area contributed by atoms with Crippen LogP contribution in [-0.4, -0.2) is 36.5 Å². The predicted molar refractivity (Wildman–Crippen MR) is 98.0 cm³/mol. The third kappa shape index (κ3) is 4.37. The van der Waals surface area contributed by atoms with Crippen LogP contribution in [0.2, 0.25) is 0 Å². The molecular weight excluding hydrogens is 402 g/mol. The lowest BCUT2D eigenvalue weighted by molar-refractivity contribution is -0.137. The molecule has 0 aliphatic heterocycles. The number of carbonyl (C=O) groups excluding carboxylic acids is 1. The summed E-state index contributed by atoms with van der Waals surface area (Å²) in [5, 5.41) is 19.7. The molecule has 0 fully saturated rings. The standard InChI is InChI=1S/C17H16BrN5O3/c1-11-3-2-4-12(5-11)7-23-9-14(18)16(21-23)20-17(26)13-6-19-22(8-13)10-15(24)25/h2-6,8-9H,7,10H2,1H3,(H,24,25)(H,20,21,26). The molecule has 134 valence electrons. The monoisotopic (exact) mass is 417 g/mol. The number of nitrogens with zero attached hydrogens (tertiary/aromatic N) is 4. The van der Waals surface area contributed by atoms with E-state index in [0.29, 0.717) is 16.8 Å². The molecule has 1 amide bonds. The lowest BCUT2D eigenvalue weighted by Crippen LogP contribution is -2.13. The summed E-state index contributed by atoms with van der Waals surface area (Å²) in [5.41, 5.74) is 2.53. The van der Waals surface area contributed by atoms with Gasteiger partial charge in [-0.3, -0.25) is 19.0 Å². The highest BCUT2D eigenvalue weighted by molar-refractivity contribution is 9.10. The Kier molecular flexibility index (Phi) is 5.17. The summed E-state index contributed by atoms with van der Waals surface area (Å²) in [6.45, 7) is 2.30. The first kappa shape index (κ1) is 17.9. The van der Waals surface area contributed by atoms with Crippen molar-refractivity contribution in [2.24, 2.45) is 0 Å². The van der Waals surface area contributed by atoms with Crippen LogP contribution < -0.4 is 5.32 Å². The molecule has 3 rings (SSSR count). The molecule has 0 saturated carbocycles. The van der Waals surface area contributed by atoms with E-state index < -0.39 is 11.9 Å². The predicted octanol–water partition coefficient (Wildman–Crippen LogP) is 2.54. The van der Waals surface area contributed by atoms with Crippen LogP contribution in [0.5, 0.6) is 0 Å². The summed E-state index contributed by atoms with van der Waals surface area (Å²) in [6, 6.07) is 8.10. The van der Waals surface area contributed by atoms with Crippen molar-refractivity contribution in [1.29, 1.82) is 0 Å². The number of carboxylic acids is 1. The van der Waals surface area contributed by atoms with Gasteiger partial charge in [0.25, 0.3) is 5.91 Å². The fraction of sp³-hybridized carbons (Fsp3) is 0.176. The number of nitrogens with one attached hydrogen (secondary N) is 1. The van der Waals surface area contributed by atoms with Crippen LogP contribution in [0.15, 0.2) is 47.3 Å². The SMILES string of the molecule is Cc1cccc(Cn2cc(Br)c(NC(=O)c3cnn(CC(=O)O)c3)n2)c1. The first-order valence-electron chi connectivity index (χ1n) is 7.75. The molecule has 0 unspecified atom stereocenters. The summed E-state index contributed by atoms with van der Waals surface area (Å²) in [5.74, 6) is -1.06. The topological polar surface area (TPSA) is 102 Å². The quantitative estimate of drug-likeness (QED) is 0.641. The Balaban J connectivity index is 1.70. The third-order valence-corrected chi connectivity index (χ3v) is 4.15. The molecular formula is C17H16BrN5O3. The summed E-state index contributed by atoms with van der Waals surface area (Å²) < 4.78 is 3.56. The van der Waals surface area contributed by atoms with E-state index in [9.17, 15) is 9.59 Å². The molecule has 1 aromatic carbocycles. The average molecular weight is 418 g/mol. The Bertz CT molecular complexity index is 963. The van der Waals surface area contributed by atoms with Crippen LogP contribution in [0.3, 0.4) is 0 Å². The van der Waals surface area contributed by atoms with Crippen molar-refractivity contribution in [2.45, 2.75) is 20.0 Å². The maximum absolute atomic E-state index is 12.3. The maximum Gasteiger partial charge on any atom is 0.325 e. The van der Waals surface area contributed by atoms with E-state index in [1.807, 2.05) is 25.1 Å². The number of aromatic nitrogens is 4. The van der Waals surface area contributed by atoms with E-state index in [0.717, 1.165) is 5.56 Å². The molecule has 0 bridgehead atoms. The normalized spacial score (nSPS) is 10.7. The van der Waals surface area contributed by atoms with Gasteiger partial charge in [-0.25, -0.2) is 0 Å². The lowest BCUT2D eigenvalue weighted by atomic mass is 10.1. The molecule has 0 radical (unpaired) electrons. The number of benzene rings is 1. The molecule has 2 aromatic heterocycles. The van der Waals surface area contributed by atoms with Gasteiger partial charge in [-0.05, 0) is 28.4 Å². The number of aliphatic carboxylic acids is 1. The zero-order valence-corrected chi connectivity index (χ0v) is 15.5. The van der Waals surface area contributed by atoms with E-state index >= 15 is 0 Å². The summed E-state index contributed by atoms with van der Waals surface area (Å²) in [4.78, 5) is 23.0. The summed E-state index contributed by atoms with van der Waals surface area (Å²) >= 11 is 3.39. The Morgan fingerprint density at radius 2 is 2.08 bits per heavy atom. The Morgan fingerprint density at radius 1 is 1.27 bits per heavy atom. The molecule has 0 saturated heterocycles. The minimum absolute atomic E-state index is 0.256. The van der Waals surface area contributed by atoms with Gasteiger partial charge in [-0.15, -0.1) is 0 Å². The van der Waals surface area contributed by atoms with Crippen molar-refractivity contribution >= 4 is 33.6 Å². The van der Waals surface area contributed by atoms with Gasteiger partial charge in [0.2, 0.25) is 0 Å². The largest absolute Gasteiger partial charge is 0.480 e. The lowest BCUT2D eigenvalue weighted by Gasteiger charge is -2.03. The highest BCUT2D eigenvalue weighted by Gasteiger charge is 2.14. The number of anilines is 1. The van der Waals surface area contributed by atoms with Crippen molar-refractivity contribution < 1.29 is 14.7 Å². The van der Waals surface area contributed by atoms with Crippen molar-refractivity contribution in [1.82, 2.24) is 19.6 Å². The number of halogens is 1. The van der Waals surface area contributed by atoms with Gasteiger partial charge in [-0.1, -0.05) is 29.8 Å². The van der Waals surface area contributed by atoms with Crippen LogP contribution in [0, 0.1) is 6.92 Å². The fourth-order valence-corrected chi connectivity index (χ4v) is 2.86. The van der Waals surface area contributed by atoms with Crippen LogP contribution in [-0.2, 0) is 17.9 Å². The average Bonchev–Trinajstić information content (AvgIpc) is 3.14. The van der Waals surface area contributed by atoms with Crippen LogP contribution in [0.25, 0.3) is 0 Å². The maximum atomic E-state index is 12.3. The molecule has 3 aromatic rings. The number of hydrogen-bond acceptors (Lipinski definition) is 4. The number of amides is 1. The molecule has 0 aliphatic rings. The van der Waals surface area contributed by atoms with Gasteiger partial charge in [0, 0.05) is 12.4 Å². The number of carbonyl (C=O) groups is 2. The van der Waals surface area contributed by atoms with Crippen LogP contribution in [0.4, 0.5) is 5.82 Å². The Hall–Kier alpha value is -2.94. The van der Waals surface area contributed by atoms with E-state index in [1.54, 1.807) is 10.9 Å². The van der Waals surface area contributed by atoms with Crippen LogP contribution >= 0.6 is 15.9 Å². The molecule has 9 heteroatoms. The van der Waals surface area contributed by atoms with Gasteiger partial charge in [0.15, 0.2) is 5.82 Å². The zero-order valence-electron chi connectivity index (χ0n) is 13.9. The Morgan fingerprint density at radius 3 is 2.81 bits per heavy atom. The Labute approximate surface area is 157 Å². The number of rotatable bonds is 6. The van der Waals surface area contributed by atoms with Crippen molar-refractivity contribution in [2.75, 3.05) is 5.32 Å². The van der Waals surface area contributed by atoms with Crippen molar-refractivity contribution in [3.8, 4) is 0 Å². The summed E-state index contributed by atoms with van der Waals surface area (Å²) in [6.07, 6.45) is 4.48. The van der Waals surface area contributed by atoms with E-state index in [2.05, 4.69) is 37.5 Å². The third-order valence-electron chi connectivity index (χ3n) is 3.57. The molecule has 26 heavy (non-hydrogen) atoms. The molecule has 2 heterocycles. The molecule has 2 N–H and O–H groups in total. The second-order valence-electron chi connectivity index (χ2n) is 5.79. The van der Waals surface area contributed by atoms with E-state index in [-0.39, 0.29) is 12.1 Å². The number of aryl methyl sites for hydroxylation is 1. The second-order valence-corrected chi connectivity index (χ2v) is 6.64. The second kappa shape index (κ2) is 7.52. The first-order valence-corrected chi connectivity index (χ1v) is 8.54. The smallest absolute Gasteiger partial charge is 0.325 e. The summed E-state index contributed by atoms with van der Waals surface area (Å²) in [7, 11) is 0. The highest BCUT2D eigenvalue weighted by Crippen LogP contribution is 2.21. The van der Waals surface area contributed by atoms with Crippen LogP contribution in [0.1, 0.15) is 21.5 Å². The van der Waals surface area contributed by atoms with E-state index in [1.165, 1.54) is 22.6 Å². The highest BCUT2D eigenvalue weighted by atomic mass is 79.9. The first-order chi connectivity index (χ1) is 12.4. The number of carboxylic acid groups (broad SMARTS) is 1. The zero-order chi connectivity index (χ0) is 18.7. The van der Waals surface area contributed by atoms with Gasteiger partial charge >= 0.3 is 5.97 Å². The van der Waals surface area contributed by atoms with Gasteiger partial charge in [0.05, 0.1) is 22.8 Å². The van der Waals surface area contributed by atoms with E-state index in [4.69, 9.17) is 5.11 Å². The molecule has 0 spiro atoms. The van der Waals surface area contributed by atoms with Gasteiger partial charge < -0.3 is 10.4 Å². The van der Waals surface area contributed by atoms with Crippen molar-refractivity contribution in [3.63, 3.8) is 0 Å². The van der Waals surface area contributed by atoms with Gasteiger partial charge in [-0.2, -0.15) is 10.2 Å². The number of hydrogen-bond donors (Lipinski definition) is 2. The molecule has 0 aliphatic carbocycles. The molecule has 0 atom stereocenters. The minimum atomic E-state index is -1.03.